The van der Waals surface area contributed by atoms with Gasteiger partial charge < -0.3 is 10.1 Å². The summed E-state index contributed by atoms with van der Waals surface area (Å²) in [6.45, 7) is 1.26. The van der Waals surface area contributed by atoms with Crippen molar-refractivity contribution in [2.75, 3.05) is 0 Å². The van der Waals surface area contributed by atoms with Gasteiger partial charge in [-0.05, 0) is 30.0 Å². The predicted molar refractivity (Wildman–Crippen MR) is 92.3 cm³/mol. The fourth-order valence-corrected chi connectivity index (χ4v) is 2.93. The van der Waals surface area contributed by atoms with Crippen molar-refractivity contribution in [2.45, 2.75) is 13.0 Å². The number of fused-ring (bicyclic) bond motifs is 1. The van der Waals surface area contributed by atoms with Crippen LogP contribution in [0.1, 0.15) is 23.3 Å². The summed E-state index contributed by atoms with van der Waals surface area (Å²) in [5, 5.41) is 11.5. The molecule has 1 aromatic carbocycles. The van der Waals surface area contributed by atoms with Crippen molar-refractivity contribution in [3.05, 3.63) is 66.3 Å². The Balaban J connectivity index is 2.32. The van der Waals surface area contributed by atoms with E-state index in [0.29, 0.717) is 6.07 Å². The van der Waals surface area contributed by atoms with Crippen molar-refractivity contribution in [3.63, 3.8) is 0 Å². The number of benzene rings is 1. The molecule has 146 valence electrons. The predicted octanol–water partition coefficient (Wildman–Crippen LogP) is 1.06. The van der Waals surface area contributed by atoms with Crippen LogP contribution in [0.15, 0.2) is 27.8 Å². The number of Topliss-reactive ketones (excluding diaryl/α,β-unsaturated/α-hetero) is 1. The molecular formula is C16H13F2N5O5. The number of halogens is 2. The molecule has 0 aliphatic heterocycles. The van der Waals surface area contributed by atoms with Gasteiger partial charge in [-0.15, -0.1) is 0 Å². The monoisotopic (exact) mass is 393 g/mol. The average molecular weight is 393 g/mol. The second-order valence-electron chi connectivity index (χ2n) is 6.09. The quantitative estimate of drug-likeness (QED) is 0.371. The molecule has 0 saturated heterocycles. The third-order valence-electron chi connectivity index (χ3n) is 4.40. The molecule has 3 aromatic rings. The van der Waals surface area contributed by atoms with Crippen LogP contribution in [-0.4, -0.2) is 29.4 Å². The van der Waals surface area contributed by atoms with E-state index in [4.69, 9.17) is 0 Å². The Bertz CT molecular complexity index is 1270. The van der Waals surface area contributed by atoms with Crippen molar-refractivity contribution >= 4 is 22.9 Å². The molecule has 0 fully saturated rings. The highest BCUT2D eigenvalue weighted by molar-refractivity contribution is 5.99. The second kappa shape index (κ2) is 6.48. The summed E-state index contributed by atoms with van der Waals surface area (Å²) in [4.78, 5) is 51.5. The fourth-order valence-electron chi connectivity index (χ4n) is 2.93. The summed E-state index contributed by atoms with van der Waals surface area (Å²) < 4.78 is 29.1. The number of rotatable bonds is 4. The van der Waals surface area contributed by atoms with Gasteiger partial charge in [0.15, 0.2) is 17.4 Å². The van der Waals surface area contributed by atoms with Crippen LogP contribution in [0.3, 0.4) is 0 Å². The first kappa shape index (κ1) is 19.1. The molecule has 12 heteroatoms. The minimum Gasteiger partial charge on any atom is -0.390 e. The maximum atomic E-state index is 13.5. The third-order valence-corrected chi connectivity index (χ3v) is 4.40. The lowest BCUT2D eigenvalue weighted by Crippen LogP contribution is -2.37. The van der Waals surface area contributed by atoms with Crippen molar-refractivity contribution < 1.29 is 18.5 Å². The molecule has 0 aliphatic carbocycles. The fraction of sp³-hybridized carbons (Fsp3) is 0.250. The number of aryl methyl sites for hydroxylation is 1. The minimum absolute atomic E-state index is 0.233. The number of carbonyl (C=O) groups excluding carboxylic acids is 1. The second-order valence-corrected chi connectivity index (χ2v) is 6.09. The Morgan fingerprint density at radius 3 is 2.39 bits per heavy atom. The van der Waals surface area contributed by atoms with E-state index in [1.165, 1.54) is 21.0 Å². The summed E-state index contributed by atoms with van der Waals surface area (Å²) in [7, 11) is 2.45. The van der Waals surface area contributed by atoms with Crippen LogP contribution in [0.4, 0.5) is 14.7 Å². The highest BCUT2D eigenvalue weighted by atomic mass is 19.2. The summed E-state index contributed by atoms with van der Waals surface area (Å²) in [5.74, 6) is -4.05. The normalized spacial score (nSPS) is 12.3. The van der Waals surface area contributed by atoms with Crippen molar-refractivity contribution in [3.8, 4) is 0 Å². The van der Waals surface area contributed by atoms with E-state index < -0.39 is 45.6 Å². The van der Waals surface area contributed by atoms with Gasteiger partial charge in [-0.3, -0.25) is 18.7 Å². The van der Waals surface area contributed by atoms with Crippen LogP contribution in [0.5, 0.6) is 0 Å². The van der Waals surface area contributed by atoms with Gasteiger partial charge in [0.2, 0.25) is 5.65 Å². The molecule has 0 spiro atoms. The first-order chi connectivity index (χ1) is 13.1. The van der Waals surface area contributed by atoms with E-state index in [2.05, 4.69) is 4.98 Å². The lowest BCUT2D eigenvalue weighted by Gasteiger charge is -2.12. The number of carbonyl (C=O) groups is 1. The topological polar surface area (TPSA) is 122 Å². The van der Waals surface area contributed by atoms with Crippen LogP contribution in [0.2, 0.25) is 0 Å². The molecular weight excluding hydrogens is 380 g/mol. The van der Waals surface area contributed by atoms with E-state index in [0.717, 1.165) is 25.8 Å². The Hall–Kier alpha value is -3.70. The lowest BCUT2D eigenvalue weighted by atomic mass is 10.0. The van der Waals surface area contributed by atoms with Crippen molar-refractivity contribution in [1.29, 1.82) is 0 Å². The first-order valence-corrected chi connectivity index (χ1v) is 7.87. The van der Waals surface area contributed by atoms with Gasteiger partial charge in [0, 0.05) is 19.7 Å². The van der Waals surface area contributed by atoms with Crippen LogP contribution in [-0.2, 0) is 14.1 Å². The standard InChI is InChI=1S/C16H13F2N5O5/c1-7(12(24)8-4-5-9(17)10(18)6-8)22-13-11(19-15(22)23(27)28)14(25)21(3)16(26)20(13)2/h4-7H,1-3H3/t7-/m1/s1. The molecule has 0 saturated carbocycles. The number of nitro groups is 1. The zero-order valence-electron chi connectivity index (χ0n) is 14.8. The summed E-state index contributed by atoms with van der Waals surface area (Å²) in [5.41, 5.74) is -2.49. The van der Waals surface area contributed by atoms with Crippen LogP contribution >= 0.6 is 0 Å². The zero-order valence-corrected chi connectivity index (χ0v) is 14.8. The van der Waals surface area contributed by atoms with E-state index in [9.17, 15) is 33.3 Å². The smallest absolute Gasteiger partial charge is 0.390 e. The molecule has 2 heterocycles. The van der Waals surface area contributed by atoms with E-state index in [1.807, 2.05) is 0 Å². The highest BCUT2D eigenvalue weighted by Crippen LogP contribution is 2.26. The molecule has 2 aromatic heterocycles. The first-order valence-electron chi connectivity index (χ1n) is 7.87. The van der Waals surface area contributed by atoms with Gasteiger partial charge in [-0.25, -0.2) is 13.6 Å². The lowest BCUT2D eigenvalue weighted by molar-refractivity contribution is -0.396. The van der Waals surface area contributed by atoms with Gasteiger partial charge in [0.1, 0.15) is 6.04 Å². The van der Waals surface area contributed by atoms with Gasteiger partial charge >= 0.3 is 17.2 Å². The molecule has 0 bridgehead atoms. The number of ketones is 1. The van der Waals surface area contributed by atoms with Crippen LogP contribution in [0, 0.1) is 21.7 Å². The molecule has 28 heavy (non-hydrogen) atoms. The molecule has 10 nitrogen and oxygen atoms in total. The maximum absolute atomic E-state index is 13.5. The van der Waals surface area contributed by atoms with Crippen LogP contribution < -0.4 is 11.2 Å². The van der Waals surface area contributed by atoms with Crippen LogP contribution in [0.25, 0.3) is 11.2 Å². The number of hydrogen-bond acceptors (Lipinski definition) is 6. The Morgan fingerprint density at radius 2 is 1.82 bits per heavy atom. The summed E-state index contributed by atoms with van der Waals surface area (Å²) >= 11 is 0. The molecule has 0 unspecified atom stereocenters. The SMILES string of the molecule is C[C@H](C(=O)c1ccc(F)c(F)c1)n1c([N+](=O)[O-])nc2c(=O)n(C)c(=O)n(C)c21. The largest absolute Gasteiger partial charge is 0.437 e. The third kappa shape index (κ3) is 2.69. The maximum Gasteiger partial charge on any atom is 0.437 e. The van der Waals surface area contributed by atoms with Gasteiger partial charge in [0.25, 0.3) is 5.52 Å². The molecule has 3 rings (SSSR count). The molecule has 1 atom stereocenters. The average Bonchev–Trinajstić information content (AvgIpc) is 3.06. The number of aromatic nitrogens is 4. The zero-order chi connectivity index (χ0) is 20.9. The number of imidazole rings is 1. The van der Waals surface area contributed by atoms with Crippen molar-refractivity contribution in [2.24, 2.45) is 14.1 Å². The van der Waals surface area contributed by atoms with Crippen molar-refractivity contribution in [1.82, 2.24) is 18.7 Å². The molecule has 0 amide bonds. The van der Waals surface area contributed by atoms with E-state index in [1.54, 1.807) is 0 Å². The minimum atomic E-state index is -1.34. The molecule has 0 N–H and O–H groups in total. The molecule has 0 radical (unpaired) electrons. The Morgan fingerprint density at radius 1 is 1.18 bits per heavy atom. The summed E-state index contributed by atoms with van der Waals surface area (Å²) in [6, 6.07) is 1.10. The number of nitrogens with zero attached hydrogens (tertiary/aromatic N) is 5. The highest BCUT2D eigenvalue weighted by Gasteiger charge is 2.34. The van der Waals surface area contributed by atoms with E-state index in [-0.39, 0.29) is 16.7 Å². The molecule has 0 aliphatic rings. The summed E-state index contributed by atoms with van der Waals surface area (Å²) in [6.07, 6.45) is 0. The Labute approximate surface area is 154 Å². The number of hydrogen-bond donors (Lipinski definition) is 0. The Kier molecular flexibility index (Phi) is 4.41. The van der Waals surface area contributed by atoms with Gasteiger partial charge in [-0.2, -0.15) is 4.57 Å². The van der Waals surface area contributed by atoms with Gasteiger partial charge in [-0.1, -0.05) is 4.98 Å². The van der Waals surface area contributed by atoms with Gasteiger partial charge in [0.05, 0.1) is 0 Å². The van der Waals surface area contributed by atoms with E-state index >= 15 is 0 Å².